The fourth-order valence-corrected chi connectivity index (χ4v) is 1.18. The van der Waals surface area contributed by atoms with Gasteiger partial charge in [-0.3, -0.25) is 0 Å². The molecule has 1 aromatic carbocycles. The summed E-state index contributed by atoms with van der Waals surface area (Å²) in [6.45, 7) is 6.35. The van der Waals surface area contributed by atoms with Gasteiger partial charge in [0.1, 0.15) is 0 Å². The summed E-state index contributed by atoms with van der Waals surface area (Å²) in [7, 11) is 4.31. The molecule has 0 saturated carbocycles. The van der Waals surface area contributed by atoms with Gasteiger partial charge >= 0.3 is 0 Å². The smallest absolute Gasteiger partial charge is 0.00533 e. The second kappa shape index (κ2) is 2.72. The summed E-state index contributed by atoms with van der Waals surface area (Å²) in [4.78, 5) is 0. The van der Waals surface area contributed by atoms with Crippen LogP contribution in [-0.4, -0.2) is 0 Å². The fourth-order valence-electron chi connectivity index (χ4n) is 0.942. The third-order valence-electron chi connectivity index (χ3n) is 2.03. The first kappa shape index (κ1) is 7.75. The van der Waals surface area contributed by atoms with Crippen LogP contribution in [0.5, 0.6) is 0 Å². The molecule has 0 heterocycles. The molecular weight excluding hydrogens is 139 g/mol. The predicted molar refractivity (Wildman–Crippen MR) is 47.2 cm³/mol. The van der Waals surface area contributed by atoms with Crippen molar-refractivity contribution >= 4 is 14.5 Å². The van der Waals surface area contributed by atoms with Crippen LogP contribution in [-0.2, 0) is 0 Å². The van der Waals surface area contributed by atoms with Crippen LogP contribution in [0.2, 0.25) is 0 Å². The average Bonchev–Trinajstić information content (AvgIpc) is 1.93. The SMILES string of the molecule is Cc1ccc([P])c(C)c1C. The van der Waals surface area contributed by atoms with Gasteiger partial charge in [0.25, 0.3) is 0 Å². The van der Waals surface area contributed by atoms with E-state index in [0.29, 0.717) is 0 Å². The van der Waals surface area contributed by atoms with Gasteiger partial charge in [0.05, 0.1) is 0 Å². The van der Waals surface area contributed by atoms with Gasteiger partial charge in [-0.15, -0.1) is 0 Å². The van der Waals surface area contributed by atoms with Crippen molar-refractivity contribution < 1.29 is 0 Å². The van der Waals surface area contributed by atoms with E-state index in [0.717, 1.165) is 5.30 Å². The summed E-state index contributed by atoms with van der Waals surface area (Å²) in [5, 5.41) is 1.09. The van der Waals surface area contributed by atoms with Crippen LogP contribution in [0.25, 0.3) is 0 Å². The van der Waals surface area contributed by atoms with Gasteiger partial charge in [0, 0.05) is 0 Å². The van der Waals surface area contributed by atoms with Gasteiger partial charge in [-0.1, -0.05) is 12.1 Å². The third-order valence-corrected chi connectivity index (χ3v) is 2.51. The van der Waals surface area contributed by atoms with E-state index in [1.54, 1.807) is 0 Å². The summed E-state index contributed by atoms with van der Waals surface area (Å²) < 4.78 is 0. The van der Waals surface area contributed by atoms with E-state index >= 15 is 0 Å². The summed E-state index contributed by atoms with van der Waals surface area (Å²) in [6.07, 6.45) is 0. The fraction of sp³-hybridized carbons (Fsp3) is 0.333. The number of hydrogen-bond donors (Lipinski definition) is 0. The minimum Gasteiger partial charge on any atom is -0.0584 e. The largest absolute Gasteiger partial charge is 0.0584 e. The van der Waals surface area contributed by atoms with Crippen LogP contribution in [0.15, 0.2) is 12.1 Å². The molecule has 1 aromatic rings. The van der Waals surface area contributed by atoms with E-state index in [1.807, 2.05) is 6.07 Å². The lowest BCUT2D eigenvalue weighted by Crippen LogP contribution is -2.00. The Morgan fingerprint density at radius 3 is 2.10 bits per heavy atom. The first-order valence-corrected chi connectivity index (χ1v) is 3.83. The monoisotopic (exact) mass is 150 g/mol. The zero-order valence-corrected chi connectivity index (χ0v) is 7.50. The van der Waals surface area contributed by atoms with Gasteiger partial charge in [0.2, 0.25) is 0 Å². The van der Waals surface area contributed by atoms with Crippen LogP contribution >= 0.6 is 9.24 Å². The van der Waals surface area contributed by atoms with Crippen molar-refractivity contribution in [1.82, 2.24) is 0 Å². The lowest BCUT2D eigenvalue weighted by molar-refractivity contribution is 1.29. The Kier molecular flexibility index (Phi) is 2.11. The molecule has 0 atom stereocenters. The van der Waals surface area contributed by atoms with Gasteiger partial charge in [0.15, 0.2) is 0 Å². The van der Waals surface area contributed by atoms with Crippen LogP contribution in [0.3, 0.4) is 0 Å². The van der Waals surface area contributed by atoms with Gasteiger partial charge < -0.3 is 0 Å². The van der Waals surface area contributed by atoms with Crippen LogP contribution in [0.4, 0.5) is 0 Å². The van der Waals surface area contributed by atoms with Crippen molar-refractivity contribution in [3.05, 3.63) is 28.8 Å². The molecule has 0 saturated heterocycles. The Morgan fingerprint density at radius 1 is 1.00 bits per heavy atom. The van der Waals surface area contributed by atoms with Crippen molar-refractivity contribution in [2.24, 2.45) is 0 Å². The molecule has 0 N–H and O–H groups in total. The Hall–Kier alpha value is -0.350. The highest BCUT2D eigenvalue weighted by Crippen LogP contribution is 2.10. The molecule has 1 rings (SSSR count). The first-order valence-electron chi connectivity index (χ1n) is 3.38. The van der Waals surface area contributed by atoms with Crippen molar-refractivity contribution in [2.45, 2.75) is 20.8 Å². The minimum absolute atomic E-state index is 1.09. The molecule has 0 aliphatic carbocycles. The standard InChI is InChI=1S/C9H11P/c1-6-4-5-9(10)8(3)7(6)2/h4-5H,1-3H3. The maximum absolute atomic E-state index is 4.31. The van der Waals surface area contributed by atoms with Gasteiger partial charge in [-0.25, -0.2) is 0 Å². The number of hydrogen-bond acceptors (Lipinski definition) is 0. The molecule has 0 aliphatic rings. The molecule has 52 valence electrons. The highest BCUT2D eigenvalue weighted by atomic mass is 31.0. The Bertz CT molecular complexity index is 224. The molecule has 0 spiro atoms. The molecule has 0 nitrogen and oxygen atoms in total. The molecule has 0 aliphatic heterocycles. The van der Waals surface area contributed by atoms with E-state index in [-0.39, 0.29) is 0 Å². The van der Waals surface area contributed by atoms with Gasteiger partial charge in [-0.05, 0) is 52.0 Å². The van der Waals surface area contributed by atoms with Crippen molar-refractivity contribution in [3.63, 3.8) is 0 Å². The lowest BCUT2D eigenvalue weighted by Gasteiger charge is -2.05. The summed E-state index contributed by atoms with van der Waals surface area (Å²) in [6, 6.07) is 4.14. The van der Waals surface area contributed by atoms with E-state index in [2.05, 4.69) is 36.1 Å². The van der Waals surface area contributed by atoms with Gasteiger partial charge in [-0.2, -0.15) is 0 Å². The highest BCUT2D eigenvalue weighted by molar-refractivity contribution is 7.27. The second-order valence-corrected chi connectivity index (χ2v) is 3.13. The zero-order valence-electron chi connectivity index (χ0n) is 6.60. The molecule has 1 heteroatoms. The maximum atomic E-state index is 4.31. The third kappa shape index (κ3) is 1.22. The van der Waals surface area contributed by atoms with E-state index in [4.69, 9.17) is 0 Å². The summed E-state index contributed by atoms with van der Waals surface area (Å²) in [5.41, 5.74) is 3.99. The highest BCUT2D eigenvalue weighted by Gasteiger charge is 1.98. The molecule has 0 unspecified atom stereocenters. The Morgan fingerprint density at radius 2 is 1.60 bits per heavy atom. The first-order chi connectivity index (χ1) is 4.63. The van der Waals surface area contributed by atoms with Crippen molar-refractivity contribution in [3.8, 4) is 0 Å². The number of benzene rings is 1. The van der Waals surface area contributed by atoms with Crippen LogP contribution < -0.4 is 5.30 Å². The maximum Gasteiger partial charge on any atom is -0.00533 e. The minimum atomic E-state index is 1.09. The average molecular weight is 150 g/mol. The van der Waals surface area contributed by atoms with E-state index in [1.165, 1.54) is 16.7 Å². The molecule has 10 heavy (non-hydrogen) atoms. The molecule has 0 aromatic heterocycles. The second-order valence-electron chi connectivity index (χ2n) is 2.65. The van der Waals surface area contributed by atoms with Crippen LogP contribution in [0, 0.1) is 20.8 Å². The molecule has 0 fully saturated rings. The number of rotatable bonds is 0. The van der Waals surface area contributed by atoms with E-state index in [9.17, 15) is 0 Å². The lowest BCUT2D eigenvalue weighted by atomic mass is 10.1. The quantitative estimate of drug-likeness (QED) is 0.499. The molecular formula is C9H11P. The zero-order chi connectivity index (χ0) is 7.72. The topological polar surface area (TPSA) is 0 Å². The molecule has 0 bridgehead atoms. The molecule has 2 radical (unpaired) electrons. The number of aryl methyl sites for hydroxylation is 1. The van der Waals surface area contributed by atoms with Crippen molar-refractivity contribution in [1.29, 1.82) is 0 Å². The van der Waals surface area contributed by atoms with Crippen molar-refractivity contribution in [2.75, 3.05) is 0 Å². The van der Waals surface area contributed by atoms with E-state index < -0.39 is 0 Å². The molecule has 0 amide bonds. The predicted octanol–water partition coefficient (Wildman–Crippen LogP) is 2.65. The van der Waals surface area contributed by atoms with Crippen LogP contribution in [0.1, 0.15) is 16.7 Å². The summed E-state index contributed by atoms with van der Waals surface area (Å²) in [5.74, 6) is 0. The summed E-state index contributed by atoms with van der Waals surface area (Å²) >= 11 is 0. The Labute approximate surface area is 64.9 Å². The normalized spacial score (nSPS) is 10.0. The Balaban J connectivity index is 3.34.